The van der Waals surface area contributed by atoms with E-state index in [-0.39, 0.29) is 0 Å². The van der Waals surface area contributed by atoms with E-state index in [1.807, 2.05) is 0 Å². The van der Waals surface area contributed by atoms with Gasteiger partial charge in [-0.2, -0.15) is 0 Å². The van der Waals surface area contributed by atoms with Gasteiger partial charge in [0.2, 0.25) is 0 Å². The fourth-order valence-electron chi connectivity index (χ4n) is 0.400. The van der Waals surface area contributed by atoms with E-state index in [4.69, 9.17) is 5.73 Å². The number of rotatable bonds is 0. The van der Waals surface area contributed by atoms with Crippen molar-refractivity contribution in [1.29, 1.82) is 0 Å². The van der Waals surface area contributed by atoms with Crippen LogP contribution in [0.2, 0.25) is 0 Å². The summed E-state index contributed by atoms with van der Waals surface area (Å²) in [5.74, 6) is 0. The van der Waals surface area contributed by atoms with Crippen molar-refractivity contribution in [3.05, 3.63) is 30.6 Å². The molecule has 1 radical (unpaired) electrons. The van der Waals surface area contributed by atoms with E-state index in [0.717, 1.165) is 6.04 Å². The fraction of sp³-hybridized carbons (Fsp3) is 0. The van der Waals surface area contributed by atoms with E-state index in [2.05, 4.69) is 5.32 Å². The van der Waals surface area contributed by atoms with Crippen molar-refractivity contribution in [2.45, 2.75) is 0 Å². The molecule has 0 aromatic rings. The molecule has 2 heteroatoms. The van der Waals surface area contributed by atoms with Crippen LogP contribution in [0.1, 0.15) is 0 Å². The van der Waals surface area contributed by atoms with Gasteiger partial charge in [-0.05, 0) is 24.6 Å². The second-order valence-corrected chi connectivity index (χ2v) is 1.33. The first-order valence-corrected chi connectivity index (χ1v) is 2.11. The Balaban J connectivity index is 2.49. The molecular weight excluding hydrogens is 88.1 g/mol. The standard InChI is InChI=1S/C5H7N2/c6-5-1-3-7-4-2-5/h1-4,7H,6H2. The average molecular weight is 95.1 g/mol. The number of hydrogen-bond donors (Lipinski definition) is 2. The molecule has 0 fully saturated rings. The zero-order valence-electron chi connectivity index (χ0n) is 3.89. The summed E-state index contributed by atoms with van der Waals surface area (Å²) in [6, 6.07) is 0.791. The Hall–Kier alpha value is -0.760. The molecule has 0 aromatic carbocycles. The molecule has 1 aliphatic heterocycles. The van der Waals surface area contributed by atoms with Gasteiger partial charge in [0.1, 0.15) is 0 Å². The van der Waals surface area contributed by atoms with Crippen LogP contribution >= 0.6 is 0 Å². The van der Waals surface area contributed by atoms with Crippen molar-refractivity contribution in [2.75, 3.05) is 0 Å². The van der Waals surface area contributed by atoms with E-state index >= 15 is 0 Å². The summed E-state index contributed by atoms with van der Waals surface area (Å²) >= 11 is 0. The SMILES string of the molecule is N[C]1C=CNC=C1. The Kier molecular flexibility index (Phi) is 1.13. The summed E-state index contributed by atoms with van der Waals surface area (Å²) in [5, 5.41) is 2.85. The molecule has 0 amide bonds. The van der Waals surface area contributed by atoms with Gasteiger partial charge in [0.05, 0.1) is 6.04 Å². The minimum absolute atomic E-state index is 0.791. The highest BCUT2D eigenvalue weighted by Crippen LogP contribution is 1.95. The van der Waals surface area contributed by atoms with Crippen molar-refractivity contribution >= 4 is 0 Å². The lowest BCUT2D eigenvalue weighted by Crippen LogP contribution is -2.09. The summed E-state index contributed by atoms with van der Waals surface area (Å²) in [7, 11) is 0. The first-order chi connectivity index (χ1) is 3.39. The zero-order valence-corrected chi connectivity index (χ0v) is 3.89. The van der Waals surface area contributed by atoms with Crippen LogP contribution in [0.5, 0.6) is 0 Å². The van der Waals surface area contributed by atoms with Crippen LogP contribution < -0.4 is 11.1 Å². The maximum absolute atomic E-state index is 5.34. The summed E-state index contributed by atoms with van der Waals surface area (Å²) in [6.07, 6.45) is 7.19. The Morgan fingerprint density at radius 1 is 1.29 bits per heavy atom. The van der Waals surface area contributed by atoms with Gasteiger partial charge in [-0.1, -0.05) is 0 Å². The van der Waals surface area contributed by atoms with Gasteiger partial charge in [-0.25, -0.2) is 0 Å². The average Bonchev–Trinajstić information content (AvgIpc) is 1.69. The molecule has 1 rings (SSSR count). The van der Waals surface area contributed by atoms with Gasteiger partial charge < -0.3 is 11.1 Å². The van der Waals surface area contributed by atoms with Crippen LogP contribution in [0.15, 0.2) is 24.6 Å². The first-order valence-electron chi connectivity index (χ1n) is 2.11. The van der Waals surface area contributed by atoms with Crippen LogP contribution in [0.25, 0.3) is 0 Å². The predicted molar refractivity (Wildman–Crippen MR) is 28.8 cm³/mol. The van der Waals surface area contributed by atoms with Crippen molar-refractivity contribution in [3.8, 4) is 0 Å². The zero-order chi connectivity index (χ0) is 5.11. The number of hydrogen-bond acceptors (Lipinski definition) is 2. The van der Waals surface area contributed by atoms with Crippen LogP contribution in [-0.4, -0.2) is 0 Å². The largest absolute Gasteiger partial charge is 0.368 e. The lowest BCUT2D eigenvalue weighted by atomic mass is 10.3. The number of dihydropyridines is 1. The Bertz CT molecular complexity index is 92.6. The molecule has 0 saturated heterocycles. The van der Waals surface area contributed by atoms with Crippen molar-refractivity contribution < 1.29 is 0 Å². The third kappa shape index (κ3) is 1.05. The third-order valence-corrected chi connectivity index (χ3v) is 0.744. The summed E-state index contributed by atoms with van der Waals surface area (Å²) in [5.41, 5.74) is 5.34. The first kappa shape index (κ1) is 4.40. The highest BCUT2D eigenvalue weighted by molar-refractivity contribution is 5.22. The highest BCUT2D eigenvalue weighted by atomic mass is 14.8. The van der Waals surface area contributed by atoms with Gasteiger partial charge in [-0.15, -0.1) is 0 Å². The lowest BCUT2D eigenvalue weighted by molar-refractivity contribution is 1.09. The van der Waals surface area contributed by atoms with Gasteiger partial charge in [0, 0.05) is 0 Å². The van der Waals surface area contributed by atoms with Crippen LogP contribution in [-0.2, 0) is 0 Å². The maximum Gasteiger partial charge on any atom is 0.0816 e. The van der Waals surface area contributed by atoms with E-state index in [1.54, 1.807) is 24.6 Å². The van der Waals surface area contributed by atoms with E-state index < -0.39 is 0 Å². The van der Waals surface area contributed by atoms with Crippen LogP contribution in [0.3, 0.4) is 0 Å². The summed E-state index contributed by atoms with van der Waals surface area (Å²) < 4.78 is 0. The molecule has 7 heavy (non-hydrogen) atoms. The highest BCUT2D eigenvalue weighted by Gasteiger charge is 1.91. The van der Waals surface area contributed by atoms with Gasteiger partial charge in [0.15, 0.2) is 0 Å². The molecular formula is C5H7N2. The predicted octanol–water partition coefficient (Wildman–Crippen LogP) is 0.108. The molecule has 2 nitrogen and oxygen atoms in total. The Labute approximate surface area is 42.7 Å². The monoisotopic (exact) mass is 95.1 g/mol. The summed E-state index contributed by atoms with van der Waals surface area (Å²) in [4.78, 5) is 0. The summed E-state index contributed by atoms with van der Waals surface area (Å²) in [6.45, 7) is 0. The third-order valence-electron chi connectivity index (χ3n) is 0.744. The topological polar surface area (TPSA) is 38.0 Å². The fourth-order valence-corrected chi connectivity index (χ4v) is 0.400. The molecule has 0 spiro atoms. The Morgan fingerprint density at radius 3 is 2.14 bits per heavy atom. The van der Waals surface area contributed by atoms with Gasteiger partial charge in [0.25, 0.3) is 0 Å². The normalized spacial score (nSPS) is 19.6. The van der Waals surface area contributed by atoms with Crippen molar-refractivity contribution in [3.63, 3.8) is 0 Å². The van der Waals surface area contributed by atoms with Gasteiger partial charge >= 0.3 is 0 Å². The molecule has 3 N–H and O–H groups in total. The second kappa shape index (κ2) is 1.80. The molecule has 0 atom stereocenters. The van der Waals surface area contributed by atoms with E-state index in [9.17, 15) is 0 Å². The molecule has 37 valence electrons. The van der Waals surface area contributed by atoms with Gasteiger partial charge in [-0.3, -0.25) is 0 Å². The van der Waals surface area contributed by atoms with Crippen LogP contribution in [0.4, 0.5) is 0 Å². The number of nitrogens with one attached hydrogen (secondary N) is 1. The molecule has 0 bridgehead atoms. The quantitative estimate of drug-likeness (QED) is 0.448. The molecule has 0 saturated carbocycles. The van der Waals surface area contributed by atoms with Crippen molar-refractivity contribution in [2.24, 2.45) is 5.73 Å². The number of nitrogens with two attached hydrogens (primary N) is 1. The minimum atomic E-state index is 0.791. The smallest absolute Gasteiger partial charge is 0.0816 e. The molecule has 0 aromatic heterocycles. The minimum Gasteiger partial charge on any atom is -0.368 e. The lowest BCUT2D eigenvalue weighted by Gasteiger charge is -2.01. The van der Waals surface area contributed by atoms with Crippen LogP contribution in [0, 0.1) is 6.04 Å². The second-order valence-electron chi connectivity index (χ2n) is 1.33. The molecule has 0 unspecified atom stereocenters. The van der Waals surface area contributed by atoms with Crippen molar-refractivity contribution in [1.82, 2.24) is 5.32 Å². The molecule has 1 heterocycles. The molecule has 0 aliphatic carbocycles. The Morgan fingerprint density at radius 2 is 1.86 bits per heavy atom. The molecule has 1 aliphatic rings. The van der Waals surface area contributed by atoms with E-state index in [0.29, 0.717) is 0 Å². The maximum atomic E-state index is 5.34. The van der Waals surface area contributed by atoms with E-state index in [1.165, 1.54) is 0 Å².